The molecule has 1 aromatic heterocycles. The van der Waals surface area contributed by atoms with Gasteiger partial charge in [0.05, 0.1) is 0 Å². The standard InChI is InChI=1S/C11H8FNO2S/c12-8-3-1-7(2-4-8)5-9-6-10(11(14)15)13-16-9/h1-4,6H,5H2,(H,14,15). The summed E-state index contributed by atoms with van der Waals surface area (Å²) in [6.45, 7) is 0. The Kier molecular flexibility index (Phi) is 2.96. The van der Waals surface area contributed by atoms with Crippen molar-refractivity contribution in [2.24, 2.45) is 0 Å². The smallest absolute Gasteiger partial charge is 0.355 e. The maximum absolute atomic E-state index is 12.6. The Morgan fingerprint density at radius 2 is 2.06 bits per heavy atom. The predicted octanol–water partition coefficient (Wildman–Crippen LogP) is 2.57. The van der Waals surface area contributed by atoms with Crippen molar-refractivity contribution in [2.45, 2.75) is 6.42 Å². The number of rotatable bonds is 3. The molecule has 2 aromatic rings. The minimum Gasteiger partial charge on any atom is -0.476 e. The lowest BCUT2D eigenvalue weighted by atomic mass is 10.1. The Bertz CT molecular complexity index is 507. The van der Waals surface area contributed by atoms with Gasteiger partial charge in [-0.05, 0) is 35.3 Å². The SMILES string of the molecule is O=C(O)c1cc(Cc2ccc(F)cc2)sn1. The van der Waals surface area contributed by atoms with Gasteiger partial charge in [-0.15, -0.1) is 0 Å². The van der Waals surface area contributed by atoms with Gasteiger partial charge in [0, 0.05) is 11.3 Å². The molecule has 5 heteroatoms. The first-order chi connectivity index (χ1) is 7.65. The highest BCUT2D eigenvalue weighted by atomic mass is 32.1. The third-order valence-corrected chi connectivity index (χ3v) is 2.85. The van der Waals surface area contributed by atoms with E-state index < -0.39 is 5.97 Å². The molecule has 0 amide bonds. The first-order valence-electron chi connectivity index (χ1n) is 4.58. The quantitative estimate of drug-likeness (QED) is 0.892. The Morgan fingerprint density at radius 3 is 2.62 bits per heavy atom. The lowest BCUT2D eigenvalue weighted by Gasteiger charge is -1.96. The number of carboxylic acids is 1. The van der Waals surface area contributed by atoms with E-state index in [0.717, 1.165) is 22.0 Å². The van der Waals surface area contributed by atoms with Crippen molar-refractivity contribution >= 4 is 17.5 Å². The van der Waals surface area contributed by atoms with E-state index >= 15 is 0 Å². The lowest BCUT2D eigenvalue weighted by molar-refractivity contribution is 0.0692. The van der Waals surface area contributed by atoms with Crippen LogP contribution in [-0.4, -0.2) is 15.4 Å². The van der Waals surface area contributed by atoms with Crippen LogP contribution in [0.5, 0.6) is 0 Å². The minimum absolute atomic E-state index is 0.0575. The van der Waals surface area contributed by atoms with Gasteiger partial charge >= 0.3 is 5.97 Å². The molecule has 1 aromatic carbocycles. The van der Waals surface area contributed by atoms with Crippen LogP contribution >= 0.6 is 11.5 Å². The van der Waals surface area contributed by atoms with E-state index in [2.05, 4.69) is 4.37 Å². The maximum atomic E-state index is 12.6. The van der Waals surface area contributed by atoms with Crippen LogP contribution in [0.3, 0.4) is 0 Å². The summed E-state index contributed by atoms with van der Waals surface area (Å²) in [4.78, 5) is 11.5. The molecule has 0 aliphatic heterocycles. The van der Waals surface area contributed by atoms with Gasteiger partial charge in [0.1, 0.15) is 5.82 Å². The number of aromatic nitrogens is 1. The molecule has 0 aliphatic carbocycles. The van der Waals surface area contributed by atoms with Crippen LogP contribution in [0.1, 0.15) is 20.9 Å². The molecule has 0 saturated heterocycles. The monoisotopic (exact) mass is 237 g/mol. The van der Waals surface area contributed by atoms with Crippen molar-refractivity contribution in [3.8, 4) is 0 Å². The second-order valence-electron chi connectivity index (χ2n) is 3.29. The highest BCUT2D eigenvalue weighted by Gasteiger charge is 2.08. The van der Waals surface area contributed by atoms with E-state index in [-0.39, 0.29) is 11.5 Å². The molecule has 0 bridgehead atoms. The van der Waals surface area contributed by atoms with E-state index in [4.69, 9.17) is 5.11 Å². The van der Waals surface area contributed by atoms with Gasteiger partial charge in [-0.1, -0.05) is 12.1 Å². The molecule has 0 fully saturated rings. The molecule has 0 saturated carbocycles. The largest absolute Gasteiger partial charge is 0.476 e. The van der Waals surface area contributed by atoms with Crippen LogP contribution in [0.25, 0.3) is 0 Å². The second-order valence-corrected chi connectivity index (χ2v) is 4.18. The summed E-state index contributed by atoms with van der Waals surface area (Å²) in [6.07, 6.45) is 0.575. The maximum Gasteiger partial charge on any atom is 0.355 e. The summed E-state index contributed by atoms with van der Waals surface area (Å²) >= 11 is 1.15. The number of halogens is 1. The number of carboxylic acid groups (broad SMARTS) is 1. The minimum atomic E-state index is -1.03. The molecule has 3 nitrogen and oxygen atoms in total. The van der Waals surface area contributed by atoms with Gasteiger partial charge in [-0.2, -0.15) is 4.37 Å². The summed E-state index contributed by atoms with van der Waals surface area (Å²) in [5, 5.41) is 8.70. The topological polar surface area (TPSA) is 50.2 Å². The summed E-state index contributed by atoms with van der Waals surface area (Å²) in [5.74, 6) is -1.30. The number of carbonyl (C=O) groups is 1. The van der Waals surface area contributed by atoms with Crippen molar-refractivity contribution in [3.05, 3.63) is 52.3 Å². The Hall–Kier alpha value is -1.75. The van der Waals surface area contributed by atoms with Crippen molar-refractivity contribution in [2.75, 3.05) is 0 Å². The van der Waals surface area contributed by atoms with Gasteiger partial charge in [-0.25, -0.2) is 9.18 Å². The molecule has 1 N–H and O–H groups in total. The highest BCUT2D eigenvalue weighted by Crippen LogP contribution is 2.15. The van der Waals surface area contributed by atoms with E-state index in [1.54, 1.807) is 12.1 Å². The molecule has 0 spiro atoms. The van der Waals surface area contributed by atoms with Crippen molar-refractivity contribution < 1.29 is 14.3 Å². The molecule has 0 radical (unpaired) electrons. The number of benzene rings is 1. The number of aromatic carboxylic acids is 1. The van der Waals surface area contributed by atoms with E-state index in [1.807, 2.05) is 0 Å². The number of hydrogen-bond donors (Lipinski definition) is 1. The van der Waals surface area contributed by atoms with Crippen LogP contribution < -0.4 is 0 Å². The number of nitrogens with zero attached hydrogens (tertiary/aromatic N) is 1. The predicted molar refractivity (Wildman–Crippen MR) is 58.3 cm³/mol. The number of hydrogen-bond acceptors (Lipinski definition) is 3. The summed E-state index contributed by atoms with van der Waals surface area (Å²) in [7, 11) is 0. The Balaban J connectivity index is 2.14. The molecular formula is C11H8FNO2S. The molecule has 82 valence electrons. The normalized spacial score (nSPS) is 10.3. The molecule has 2 rings (SSSR count). The van der Waals surface area contributed by atoms with Crippen molar-refractivity contribution in [3.63, 3.8) is 0 Å². The van der Waals surface area contributed by atoms with Crippen molar-refractivity contribution in [1.29, 1.82) is 0 Å². The third-order valence-electron chi connectivity index (χ3n) is 2.07. The Labute approximate surface area is 95.3 Å². The average molecular weight is 237 g/mol. The van der Waals surface area contributed by atoms with E-state index in [0.29, 0.717) is 6.42 Å². The fraction of sp³-hybridized carbons (Fsp3) is 0.0909. The highest BCUT2D eigenvalue weighted by molar-refractivity contribution is 7.05. The zero-order chi connectivity index (χ0) is 11.5. The molecule has 0 atom stereocenters. The molecule has 1 heterocycles. The van der Waals surface area contributed by atoms with Crippen LogP contribution in [-0.2, 0) is 6.42 Å². The fourth-order valence-corrected chi connectivity index (χ4v) is 2.04. The van der Waals surface area contributed by atoms with Gasteiger partial charge < -0.3 is 5.11 Å². The van der Waals surface area contributed by atoms with Gasteiger partial charge in [0.2, 0.25) is 0 Å². The summed E-state index contributed by atoms with van der Waals surface area (Å²) in [6, 6.07) is 7.66. The van der Waals surface area contributed by atoms with Gasteiger partial charge in [0.25, 0.3) is 0 Å². The van der Waals surface area contributed by atoms with Crippen LogP contribution in [0, 0.1) is 5.82 Å². The first kappa shape index (κ1) is 10.8. The molecule has 16 heavy (non-hydrogen) atoms. The third kappa shape index (κ3) is 2.43. The molecule has 0 aliphatic rings. The fourth-order valence-electron chi connectivity index (χ4n) is 1.30. The van der Waals surface area contributed by atoms with E-state index in [9.17, 15) is 9.18 Å². The average Bonchev–Trinajstić information content (AvgIpc) is 2.70. The summed E-state index contributed by atoms with van der Waals surface area (Å²) < 4.78 is 16.4. The Morgan fingerprint density at radius 1 is 1.38 bits per heavy atom. The van der Waals surface area contributed by atoms with Gasteiger partial charge in [0.15, 0.2) is 5.69 Å². The zero-order valence-electron chi connectivity index (χ0n) is 8.18. The molecule has 0 unspecified atom stereocenters. The second kappa shape index (κ2) is 4.40. The lowest BCUT2D eigenvalue weighted by Crippen LogP contribution is -1.94. The van der Waals surface area contributed by atoms with Crippen molar-refractivity contribution in [1.82, 2.24) is 4.37 Å². The summed E-state index contributed by atoms with van der Waals surface area (Å²) in [5.41, 5.74) is 0.990. The van der Waals surface area contributed by atoms with Gasteiger partial charge in [-0.3, -0.25) is 0 Å². The first-order valence-corrected chi connectivity index (χ1v) is 5.36. The molecular weight excluding hydrogens is 229 g/mol. The van der Waals surface area contributed by atoms with Crippen LogP contribution in [0.2, 0.25) is 0 Å². The van der Waals surface area contributed by atoms with Crippen LogP contribution in [0.15, 0.2) is 30.3 Å². The van der Waals surface area contributed by atoms with Crippen LogP contribution in [0.4, 0.5) is 4.39 Å². The van der Waals surface area contributed by atoms with E-state index in [1.165, 1.54) is 18.2 Å². The zero-order valence-corrected chi connectivity index (χ0v) is 9.00.